The van der Waals surface area contributed by atoms with Crippen molar-refractivity contribution >= 4 is 5.69 Å². The molecule has 2 aromatic rings. The molecule has 3 nitrogen and oxygen atoms in total. The largest absolute Gasteiger partial charge is 0.491 e. The van der Waals surface area contributed by atoms with Gasteiger partial charge in [-0.05, 0) is 55.7 Å². The van der Waals surface area contributed by atoms with E-state index in [4.69, 9.17) is 9.84 Å². The van der Waals surface area contributed by atoms with Crippen molar-refractivity contribution in [2.75, 3.05) is 11.9 Å². The number of benzene rings is 2. The molecule has 0 unspecified atom stereocenters. The predicted octanol–water partition coefficient (Wildman–Crippen LogP) is 3.62. The van der Waals surface area contributed by atoms with E-state index in [2.05, 4.69) is 17.4 Å². The first-order chi connectivity index (χ1) is 10.2. The number of hydrogen-bond donors (Lipinski definition) is 2. The smallest absolute Gasteiger partial charge is 0.119 e. The molecule has 2 rings (SSSR count). The van der Waals surface area contributed by atoms with Crippen LogP contribution < -0.4 is 10.1 Å². The fourth-order valence-corrected chi connectivity index (χ4v) is 2.08. The van der Waals surface area contributed by atoms with Crippen molar-refractivity contribution in [3.05, 3.63) is 59.7 Å². The summed E-state index contributed by atoms with van der Waals surface area (Å²) >= 11 is 0. The molecule has 0 bridgehead atoms. The molecule has 0 heterocycles. The average Bonchev–Trinajstić information content (AvgIpc) is 2.48. The first-order valence-corrected chi connectivity index (χ1v) is 7.36. The van der Waals surface area contributed by atoms with E-state index < -0.39 is 0 Å². The molecular weight excluding hydrogens is 262 g/mol. The first kappa shape index (κ1) is 15.4. The standard InChI is InChI=1S/C18H23NO2/c1-14(2)21-18-9-5-16(6-10-18)13-19-17-7-3-15(4-8-17)11-12-20/h3-10,14,19-20H,11-13H2,1-2H3. The number of rotatable bonds is 7. The summed E-state index contributed by atoms with van der Waals surface area (Å²) in [5.74, 6) is 0.905. The number of hydrogen-bond acceptors (Lipinski definition) is 3. The molecule has 112 valence electrons. The van der Waals surface area contributed by atoms with Gasteiger partial charge in [0, 0.05) is 18.8 Å². The maximum atomic E-state index is 8.89. The molecule has 2 N–H and O–H groups in total. The van der Waals surface area contributed by atoms with Crippen LogP contribution in [-0.4, -0.2) is 17.8 Å². The first-order valence-electron chi connectivity index (χ1n) is 7.36. The number of anilines is 1. The zero-order chi connectivity index (χ0) is 15.1. The Morgan fingerprint density at radius 2 is 1.57 bits per heavy atom. The monoisotopic (exact) mass is 285 g/mol. The van der Waals surface area contributed by atoms with Gasteiger partial charge >= 0.3 is 0 Å². The molecular formula is C18H23NO2. The lowest BCUT2D eigenvalue weighted by Gasteiger charge is -2.11. The van der Waals surface area contributed by atoms with Crippen LogP contribution in [0.3, 0.4) is 0 Å². The summed E-state index contributed by atoms with van der Waals surface area (Å²) in [4.78, 5) is 0. The molecule has 0 spiro atoms. The van der Waals surface area contributed by atoms with E-state index in [0.29, 0.717) is 6.42 Å². The van der Waals surface area contributed by atoms with Crippen molar-refractivity contribution in [2.45, 2.75) is 32.9 Å². The zero-order valence-electron chi connectivity index (χ0n) is 12.7. The second-order valence-corrected chi connectivity index (χ2v) is 5.33. The van der Waals surface area contributed by atoms with E-state index >= 15 is 0 Å². The fraction of sp³-hybridized carbons (Fsp3) is 0.333. The van der Waals surface area contributed by atoms with E-state index in [1.54, 1.807) is 0 Å². The van der Waals surface area contributed by atoms with Gasteiger partial charge < -0.3 is 15.2 Å². The summed E-state index contributed by atoms with van der Waals surface area (Å²) in [6, 6.07) is 16.3. The van der Waals surface area contributed by atoms with Crippen LogP contribution in [-0.2, 0) is 13.0 Å². The number of ether oxygens (including phenoxy) is 1. The third kappa shape index (κ3) is 5.12. The van der Waals surface area contributed by atoms with Crippen molar-refractivity contribution in [1.82, 2.24) is 0 Å². The van der Waals surface area contributed by atoms with Crippen LogP contribution in [0.2, 0.25) is 0 Å². The van der Waals surface area contributed by atoms with Crippen LogP contribution in [0.4, 0.5) is 5.69 Å². The molecule has 0 aromatic heterocycles. The van der Waals surface area contributed by atoms with Crippen molar-refractivity contribution in [1.29, 1.82) is 0 Å². The second kappa shape index (κ2) is 7.70. The lowest BCUT2D eigenvalue weighted by atomic mass is 10.1. The SMILES string of the molecule is CC(C)Oc1ccc(CNc2ccc(CCO)cc2)cc1. The highest BCUT2D eigenvalue weighted by Crippen LogP contribution is 2.16. The van der Waals surface area contributed by atoms with Crippen molar-refractivity contribution < 1.29 is 9.84 Å². The molecule has 0 saturated heterocycles. The molecule has 0 aliphatic carbocycles. The Labute approximate surface area is 126 Å². The Balaban J connectivity index is 1.87. The van der Waals surface area contributed by atoms with Gasteiger partial charge in [-0.25, -0.2) is 0 Å². The Morgan fingerprint density at radius 1 is 0.952 bits per heavy atom. The van der Waals surface area contributed by atoms with Crippen LogP contribution >= 0.6 is 0 Å². The van der Waals surface area contributed by atoms with E-state index in [9.17, 15) is 0 Å². The number of nitrogens with one attached hydrogen (secondary N) is 1. The van der Waals surface area contributed by atoms with E-state index in [-0.39, 0.29) is 12.7 Å². The molecule has 0 saturated carbocycles. The zero-order valence-corrected chi connectivity index (χ0v) is 12.7. The topological polar surface area (TPSA) is 41.5 Å². The average molecular weight is 285 g/mol. The van der Waals surface area contributed by atoms with Gasteiger partial charge in [0.25, 0.3) is 0 Å². The Hall–Kier alpha value is -2.00. The molecule has 21 heavy (non-hydrogen) atoms. The number of aliphatic hydroxyl groups excluding tert-OH is 1. The molecule has 0 aliphatic rings. The molecule has 2 aromatic carbocycles. The summed E-state index contributed by atoms with van der Waals surface area (Å²) in [7, 11) is 0. The minimum Gasteiger partial charge on any atom is -0.491 e. The lowest BCUT2D eigenvalue weighted by Crippen LogP contribution is -2.05. The van der Waals surface area contributed by atoms with E-state index in [1.165, 1.54) is 5.56 Å². The van der Waals surface area contributed by atoms with Gasteiger partial charge in [0.15, 0.2) is 0 Å². The highest BCUT2D eigenvalue weighted by atomic mass is 16.5. The Kier molecular flexibility index (Phi) is 5.64. The van der Waals surface area contributed by atoms with E-state index in [1.807, 2.05) is 50.2 Å². The van der Waals surface area contributed by atoms with Crippen molar-refractivity contribution in [3.8, 4) is 5.75 Å². The van der Waals surface area contributed by atoms with Crippen LogP contribution in [0.15, 0.2) is 48.5 Å². The maximum Gasteiger partial charge on any atom is 0.119 e. The minimum absolute atomic E-state index is 0.192. The highest BCUT2D eigenvalue weighted by Gasteiger charge is 1.99. The van der Waals surface area contributed by atoms with Gasteiger partial charge in [0.2, 0.25) is 0 Å². The van der Waals surface area contributed by atoms with Crippen molar-refractivity contribution in [2.24, 2.45) is 0 Å². The van der Waals surface area contributed by atoms with Crippen molar-refractivity contribution in [3.63, 3.8) is 0 Å². The van der Waals surface area contributed by atoms with Gasteiger partial charge in [-0.15, -0.1) is 0 Å². The fourth-order valence-electron chi connectivity index (χ4n) is 2.08. The summed E-state index contributed by atoms with van der Waals surface area (Å²) in [6.45, 7) is 5.02. The van der Waals surface area contributed by atoms with Crippen LogP contribution in [0.1, 0.15) is 25.0 Å². The van der Waals surface area contributed by atoms with Crippen LogP contribution in [0.5, 0.6) is 5.75 Å². The highest BCUT2D eigenvalue weighted by molar-refractivity contribution is 5.45. The summed E-state index contributed by atoms with van der Waals surface area (Å²) in [6.07, 6.45) is 0.906. The van der Waals surface area contributed by atoms with E-state index in [0.717, 1.165) is 23.5 Å². The summed E-state index contributed by atoms with van der Waals surface area (Å²) < 4.78 is 5.63. The van der Waals surface area contributed by atoms with Gasteiger partial charge in [0.1, 0.15) is 5.75 Å². The molecule has 0 fully saturated rings. The summed E-state index contributed by atoms with van der Waals surface area (Å²) in [5, 5.41) is 12.3. The number of aliphatic hydroxyl groups is 1. The molecule has 0 radical (unpaired) electrons. The lowest BCUT2D eigenvalue weighted by molar-refractivity contribution is 0.242. The molecule has 0 aliphatic heterocycles. The molecule has 3 heteroatoms. The van der Waals surface area contributed by atoms with Gasteiger partial charge in [-0.1, -0.05) is 24.3 Å². The Bertz CT molecular complexity index is 532. The Morgan fingerprint density at radius 3 is 2.14 bits per heavy atom. The van der Waals surface area contributed by atoms with Gasteiger partial charge in [0.05, 0.1) is 6.10 Å². The van der Waals surface area contributed by atoms with Gasteiger partial charge in [-0.3, -0.25) is 0 Å². The second-order valence-electron chi connectivity index (χ2n) is 5.33. The molecule has 0 atom stereocenters. The molecule has 0 amide bonds. The predicted molar refractivity (Wildman–Crippen MR) is 86.8 cm³/mol. The maximum absolute atomic E-state index is 8.89. The third-order valence-corrected chi connectivity index (χ3v) is 3.15. The normalized spacial score (nSPS) is 10.7. The van der Waals surface area contributed by atoms with Gasteiger partial charge in [-0.2, -0.15) is 0 Å². The summed E-state index contributed by atoms with van der Waals surface area (Å²) in [5.41, 5.74) is 3.45. The minimum atomic E-state index is 0.192. The quantitative estimate of drug-likeness (QED) is 0.816. The van der Waals surface area contributed by atoms with Crippen LogP contribution in [0, 0.1) is 0 Å². The van der Waals surface area contributed by atoms with Crippen LogP contribution in [0.25, 0.3) is 0 Å². The third-order valence-electron chi connectivity index (χ3n) is 3.15.